The summed E-state index contributed by atoms with van der Waals surface area (Å²) >= 11 is 0. The molecule has 0 spiro atoms. The summed E-state index contributed by atoms with van der Waals surface area (Å²) in [6.45, 7) is 0. The quantitative estimate of drug-likeness (QED) is 0.241. The first-order chi connectivity index (χ1) is 11.0. The number of nitro groups is 1. The van der Waals surface area contributed by atoms with Crippen molar-refractivity contribution in [1.82, 2.24) is 0 Å². The maximum Gasteiger partial charge on any atom is 0.433 e. The number of fused-ring (bicyclic) bond motifs is 1. The average Bonchev–Trinajstić information content (AvgIpc) is 3.01. The van der Waals surface area contributed by atoms with Crippen LogP contribution >= 0.6 is 0 Å². The van der Waals surface area contributed by atoms with Gasteiger partial charge in [0.1, 0.15) is 21.8 Å². The molecule has 0 bridgehead atoms. The highest BCUT2D eigenvalue weighted by Gasteiger charge is 2.13. The van der Waals surface area contributed by atoms with Crippen molar-refractivity contribution in [1.29, 1.82) is 0 Å². The van der Waals surface area contributed by atoms with E-state index in [2.05, 4.69) is 0 Å². The molecule has 0 unspecified atom stereocenters. The fraction of sp³-hybridized carbons (Fsp3) is 0. The van der Waals surface area contributed by atoms with E-state index in [-0.39, 0.29) is 11.3 Å². The summed E-state index contributed by atoms with van der Waals surface area (Å²) in [6.07, 6.45) is 2.35. The molecular formula is C16H9NO6. The van der Waals surface area contributed by atoms with Gasteiger partial charge < -0.3 is 8.83 Å². The van der Waals surface area contributed by atoms with Gasteiger partial charge in [0, 0.05) is 5.39 Å². The Hall–Kier alpha value is -3.48. The van der Waals surface area contributed by atoms with Gasteiger partial charge in [-0.05, 0) is 30.4 Å². The number of benzene rings is 1. The summed E-state index contributed by atoms with van der Waals surface area (Å²) in [4.78, 5) is 33.8. The van der Waals surface area contributed by atoms with Crippen molar-refractivity contribution in [3.63, 3.8) is 0 Å². The Kier molecular flexibility index (Phi) is 3.60. The number of nitrogens with zero attached hydrogens (tertiary/aromatic N) is 1. The number of rotatable bonds is 4. The fourth-order valence-corrected chi connectivity index (χ4v) is 2.01. The largest absolute Gasteiger partial charge is 0.433 e. The Morgan fingerprint density at radius 3 is 2.65 bits per heavy atom. The van der Waals surface area contributed by atoms with Crippen LogP contribution in [0.5, 0.6) is 0 Å². The second-order valence-electron chi connectivity index (χ2n) is 4.62. The van der Waals surface area contributed by atoms with E-state index in [1.54, 1.807) is 24.3 Å². The van der Waals surface area contributed by atoms with Gasteiger partial charge in [0.25, 0.3) is 0 Å². The van der Waals surface area contributed by atoms with Crippen LogP contribution in [-0.2, 0) is 0 Å². The van der Waals surface area contributed by atoms with Crippen LogP contribution in [0.25, 0.3) is 17.0 Å². The Morgan fingerprint density at radius 2 is 1.91 bits per heavy atom. The van der Waals surface area contributed by atoms with Gasteiger partial charge in [0.15, 0.2) is 5.78 Å². The molecule has 1 aromatic carbocycles. The van der Waals surface area contributed by atoms with Crippen LogP contribution in [-0.4, -0.2) is 10.7 Å². The monoisotopic (exact) mass is 311 g/mol. The first-order valence-electron chi connectivity index (χ1n) is 6.54. The van der Waals surface area contributed by atoms with E-state index in [4.69, 9.17) is 8.83 Å². The van der Waals surface area contributed by atoms with Gasteiger partial charge in [0.2, 0.25) is 0 Å². The summed E-state index contributed by atoms with van der Waals surface area (Å²) in [5.41, 5.74) is -0.482. The highest BCUT2D eigenvalue weighted by atomic mass is 16.6. The van der Waals surface area contributed by atoms with Gasteiger partial charge in [-0.25, -0.2) is 4.79 Å². The van der Waals surface area contributed by atoms with Gasteiger partial charge in [-0.3, -0.25) is 14.9 Å². The molecule has 3 aromatic rings. The van der Waals surface area contributed by atoms with Gasteiger partial charge in [0.05, 0.1) is 6.07 Å². The van der Waals surface area contributed by atoms with Crippen LogP contribution in [0.1, 0.15) is 16.1 Å². The molecule has 0 aliphatic rings. The number of ketones is 1. The molecule has 23 heavy (non-hydrogen) atoms. The smallest absolute Gasteiger partial charge is 0.422 e. The molecule has 0 atom stereocenters. The van der Waals surface area contributed by atoms with E-state index >= 15 is 0 Å². The summed E-state index contributed by atoms with van der Waals surface area (Å²) in [7, 11) is 0. The molecular weight excluding hydrogens is 302 g/mol. The first-order valence-corrected chi connectivity index (χ1v) is 6.54. The second kappa shape index (κ2) is 5.72. The summed E-state index contributed by atoms with van der Waals surface area (Å²) in [5.74, 6) is -0.874. The van der Waals surface area contributed by atoms with Crippen molar-refractivity contribution in [2.45, 2.75) is 0 Å². The van der Waals surface area contributed by atoms with Crippen LogP contribution in [0, 0.1) is 10.1 Å². The van der Waals surface area contributed by atoms with Crippen LogP contribution < -0.4 is 5.63 Å². The number of furan rings is 1. The molecule has 0 radical (unpaired) electrons. The number of para-hydroxylation sites is 1. The molecule has 7 heteroatoms. The average molecular weight is 311 g/mol. The maximum absolute atomic E-state index is 12.1. The van der Waals surface area contributed by atoms with Crippen molar-refractivity contribution in [2.75, 3.05) is 0 Å². The second-order valence-corrected chi connectivity index (χ2v) is 4.62. The predicted octanol–water partition coefficient (Wildman–Crippen LogP) is 3.19. The molecule has 0 amide bonds. The van der Waals surface area contributed by atoms with E-state index in [0.717, 1.165) is 6.08 Å². The van der Waals surface area contributed by atoms with Crippen LogP contribution in [0.2, 0.25) is 0 Å². The molecule has 7 nitrogen and oxygen atoms in total. The molecule has 3 rings (SSSR count). The fourth-order valence-electron chi connectivity index (χ4n) is 2.01. The van der Waals surface area contributed by atoms with Crippen molar-refractivity contribution < 1.29 is 18.6 Å². The van der Waals surface area contributed by atoms with Crippen molar-refractivity contribution >= 4 is 28.7 Å². The molecule has 114 valence electrons. The number of carbonyl (C=O) groups is 1. The van der Waals surface area contributed by atoms with Crippen LogP contribution in [0.15, 0.2) is 62.2 Å². The molecule has 0 aliphatic carbocycles. The van der Waals surface area contributed by atoms with E-state index in [1.807, 2.05) is 0 Å². The summed E-state index contributed by atoms with van der Waals surface area (Å²) < 4.78 is 9.97. The summed E-state index contributed by atoms with van der Waals surface area (Å²) in [5, 5.41) is 11.1. The number of hydrogen-bond acceptors (Lipinski definition) is 6. The van der Waals surface area contributed by atoms with Gasteiger partial charge in [-0.2, -0.15) is 0 Å². The van der Waals surface area contributed by atoms with E-state index in [1.165, 1.54) is 24.3 Å². The highest BCUT2D eigenvalue weighted by Crippen LogP contribution is 2.17. The minimum absolute atomic E-state index is 0.124. The molecule has 0 fully saturated rings. The third-order valence-electron chi connectivity index (χ3n) is 3.10. The lowest BCUT2D eigenvalue weighted by atomic mass is 10.1. The molecule has 2 aromatic heterocycles. The SMILES string of the molecule is O=C(/C=C/c1ccc([N+](=O)[O-])o1)c1cc2ccccc2oc1=O. The standard InChI is InChI=1S/C16H9NO6/c18-13(7-5-11-6-8-15(22-11)17(20)21)12-9-10-3-1-2-4-14(10)23-16(12)19/h1-9H/b7-5+. The van der Waals surface area contributed by atoms with E-state index in [0.29, 0.717) is 11.0 Å². The first kappa shape index (κ1) is 14.5. The Morgan fingerprint density at radius 1 is 1.13 bits per heavy atom. The van der Waals surface area contributed by atoms with Crippen LogP contribution in [0.4, 0.5) is 5.88 Å². The van der Waals surface area contributed by atoms with Crippen LogP contribution in [0.3, 0.4) is 0 Å². The summed E-state index contributed by atoms with van der Waals surface area (Å²) in [6, 6.07) is 10.8. The Labute approximate surface area is 128 Å². The lowest BCUT2D eigenvalue weighted by Gasteiger charge is -1.98. The van der Waals surface area contributed by atoms with Gasteiger partial charge >= 0.3 is 11.5 Å². The van der Waals surface area contributed by atoms with Crippen molar-refractivity contribution in [2.24, 2.45) is 0 Å². The zero-order chi connectivity index (χ0) is 16.4. The lowest BCUT2D eigenvalue weighted by molar-refractivity contribution is -0.402. The normalized spacial score (nSPS) is 11.1. The predicted molar refractivity (Wildman–Crippen MR) is 81.2 cm³/mol. The van der Waals surface area contributed by atoms with E-state index < -0.39 is 22.2 Å². The molecule has 2 heterocycles. The van der Waals surface area contributed by atoms with Gasteiger partial charge in [-0.1, -0.05) is 18.2 Å². The highest BCUT2D eigenvalue weighted by molar-refractivity contribution is 6.07. The van der Waals surface area contributed by atoms with E-state index in [9.17, 15) is 19.7 Å². The third-order valence-corrected chi connectivity index (χ3v) is 3.10. The minimum atomic E-state index is -0.747. The molecule has 0 N–H and O–H groups in total. The zero-order valence-corrected chi connectivity index (χ0v) is 11.6. The Balaban J connectivity index is 1.90. The minimum Gasteiger partial charge on any atom is -0.422 e. The number of carbonyl (C=O) groups excluding carboxylic acids is 1. The van der Waals surface area contributed by atoms with Crippen molar-refractivity contribution in [3.8, 4) is 0 Å². The Bertz CT molecular complexity index is 995. The van der Waals surface area contributed by atoms with Crippen molar-refractivity contribution in [3.05, 3.63) is 80.4 Å². The maximum atomic E-state index is 12.1. The lowest BCUT2D eigenvalue weighted by Crippen LogP contribution is -2.11. The molecule has 0 saturated carbocycles. The van der Waals surface area contributed by atoms with Gasteiger partial charge in [-0.15, -0.1) is 0 Å². The third kappa shape index (κ3) is 2.93. The molecule has 0 aliphatic heterocycles. The molecule has 0 saturated heterocycles. The number of hydrogen-bond donors (Lipinski definition) is 0. The number of allylic oxidation sites excluding steroid dienone is 1. The topological polar surface area (TPSA) is 104 Å². The zero-order valence-electron chi connectivity index (χ0n) is 11.6.